The molecule has 2 atom stereocenters. The number of carbonyl (C=O) groups excluding carboxylic acids is 1. The van der Waals surface area contributed by atoms with E-state index in [0.29, 0.717) is 17.3 Å². The van der Waals surface area contributed by atoms with Gasteiger partial charge < -0.3 is 10.2 Å². The van der Waals surface area contributed by atoms with Crippen molar-refractivity contribution in [2.75, 3.05) is 19.6 Å². The van der Waals surface area contributed by atoms with Crippen molar-refractivity contribution in [1.82, 2.24) is 10.2 Å². The van der Waals surface area contributed by atoms with Crippen LogP contribution in [0.3, 0.4) is 0 Å². The number of hydrogen-bond donors (Lipinski definition) is 1. The van der Waals surface area contributed by atoms with Gasteiger partial charge in [0.15, 0.2) is 0 Å². The molecule has 0 saturated heterocycles. The number of nitrogens with one attached hydrogen (secondary N) is 1. The molecule has 0 spiro atoms. The number of fused-ring (bicyclic) bond motifs is 1. The fraction of sp³-hybridized carbons (Fsp3) is 0.842. The van der Waals surface area contributed by atoms with Gasteiger partial charge in [-0.05, 0) is 42.4 Å². The summed E-state index contributed by atoms with van der Waals surface area (Å²) in [6.45, 7) is 13.8. The molecular weight excluding hydrogens is 272 g/mol. The number of carbonyl (C=O) groups is 1. The maximum Gasteiger partial charge on any atom is 0.317 e. The van der Waals surface area contributed by atoms with Crippen molar-refractivity contribution < 1.29 is 4.79 Å². The van der Waals surface area contributed by atoms with Crippen LogP contribution in [0.25, 0.3) is 0 Å². The zero-order valence-corrected chi connectivity index (χ0v) is 15.1. The molecule has 22 heavy (non-hydrogen) atoms. The third-order valence-electron chi connectivity index (χ3n) is 5.64. The van der Waals surface area contributed by atoms with Crippen LogP contribution in [0.4, 0.5) is 4.79 Å². The summed E-state index contributed by atoms with van der Waals surface area (Å²) in [4.78, 5) is 14.5. The van der Waals surface area contributed by atoms with Crippen molar-refractivity contribution in [1.29, 1.82) is 0 Å². The number of unbranched alkanes of at least 4 members (excludes halogenated alkanes) is 1. The van der Waals surface area contributed by atoms with Crippen LogP contribution < -0.4 is 5.32 Å². The van der Waals surface area contributed by atoms with E-state index >= 15 is 0 Å². The molecule has 0 aromatic carbocycles. The Bertz CT molecular complexity index is 425. The molecule has 3 heteroatoms. The fourth-order valence-corrected chi connectivity index (χ4v) is 4.02. The molecule has 3 aliphatic rings. The van der Waals surface area contributed by atoms with E-state index in [9.17, 15) is 4.79 Å². The van der Waals surface area contributed by atoms with Crippen LogP contribution in [-0.2, 0) is 0 Å². The van der Waals surface area contributed by atoms with Crippen molar-refractivity contribution >= 4 is 6.03 Å². The van der Waals surface area contributed by atoms with Crippen LogP contribution in [0, 0.1) is 23.2 Å². The van der Waals surface area contributed by atoms with Crippen LogP contribution in [-0.4, -0.2) is 30.6 Å². The monoisotopic (exact) mass is 306 g/mol. The summed E-state index contributed by atoms with van der Waals surface area (Å²) < 4.78 is 0. The summed E-state index contributed by atoms with van der Waals surface area (Å²) in [6, 6.07) is 0.113. The predicted molar refractivity (Wildman–Crippen MR) is 92.8 cm³/mol. The summed E-state index contributed by atoms with van der Waals surface area (Å²) in [7, 11) is 0. The normalized spacial score (nSPS) is 25.5. The highest BCUT2D eigenvalue weighted by Crippen LogP contribution is 2.59. The molecule has 0 heterocycles. The zero-order valence-electron chi connectivity index (χ0n) is 15.1. The van der Waals surface area contributed by atoms with Crippen molar-refractivity contribution in [3.8, 4) is 0 Å². The van der Waals surface area contributed by atoms with Gasteiger partial charge in [0.25, 0.3) is 0 Å². The van der Waals surface area contributed by atoms with Crippen molar-refractivity contribution in [2.24, 2.45) is 23.2 Å². The Labute approximate surface area is 136 Å². The lowest BCUT2D eigenvalue weighted by Crippen LogP contribution is -2.51. The van der Waals surface area contributed by atoms with E-state index in [0.717, 1.165) is 38.4 Å². The lowest BCUT2D eigenvalue weighted by Gasteiger charge is -2.57. The Balaban J connectivity index is 1.97. The molecule has 0 aromatic heterocycles. The summed E-state index contributed by atoms with van der Waals surface area (Å²) >= 11 is 0. The van der Waals surface area contributed by atoms with Gasteiger partial charge in [-0.25, -0.2) is 4.79 Å². The highest BCUT2D eigenvalue weighted by atomic mass is 16.2. The largest absolute Gasteiger partial charge is 0.338 e. The van der Waals surface area contributed by atoms with Crippen LogP contribution in [0.5, 0.6) is 0 Å². The van der Waals surface area contributed by atoms with Gasteiger partial charge in [0.2, 0.25) is 0 Å². The van der Waals surface area contributed by atoms with Crippen LogP contribution in [0.2, 0.25) is 0 Å². The van der Waals surface area contributed by atoms with Crippen LogP contribution in [0.1, 0.15) is 60.3 Å². The van der Waals surface area contributed by atoms with E-state index in [1.807, 2.05) is 4.90 Å². The molecule has 2 unspecified atom stereocenters. The molecule has 1 N–H and O–H groups in total. The summed E-state index contributed by atoms with van der Waals surface area (Å²) in [5, 5.41) is 3.09. The lowest BCUT2D eigenvalue weighted by atomic mass is 9.49. The summed E-state index contributed by atoms with van der Waals surface area (Å²) in [6.07, 6.45) is 7.11. The van der Waals surface area contributed by atoms with Gasteiger partial charge in [0.05, 0.1) is 0 Å². The third kappa shape index (κ3) is 3.67. The number of urea groups is 1. The lowest BCUT2D eigenvalue weighted by molar-refractivity contribution is -0.00982. The van der Waals surface area contributed by atoms with E-state index in [1.165, 1.54) is 18.4 Å². The Kier molecular flexibility index (Phi) is 5.57. The molecular formula is C19H34N2O. The molecule has 0 aliphatic heterocycles. The number of amides is 2. The Morgan fingerprint density at radius 1 is 1.45 bits per heavy atom. The number of allylic oxidation sites excluding steroid dienone is 1. The highest BCUT2D eigenvalue weighted by molar-refractivity contribution is 5.74. The van der Waals surface area contributed by atoms with E-state index < -0.39 is 0 Å². The number of hydrogen-bond acceptors (Lipinski definition) is 1. The molecule has 3 rings (SSSR count). The molecule has 0 radical (unpaired) electrons. The molecule has 3 aliphatic carbocycles. The first-order chi connectivity index (χ1) is 10.4. The predicted octanol–water partition coefficient (Wildman–Crippen LogP) is 4.45. The minimum Gasteiger partial charge on any atom is -0.338 e. The van der Waals surface area contributed by atoms with Gasteiger partial charge >= 0.3 is 6.03 Å². The van der Waals surface area contributed by atoms with Gasteiger partial charge in [-0.1, -0.05) is 52.7 Å². The molecule has 0 aromatic rings. The summed E-state index contributed by atoms with van der Waals surface area (Å²) in [5.74, 6) is 2.05. The Morgan fingerprint density at radius 2 is 2.18 bits per heavy atom. The average Bonchev–Trinajstić information content (AvgIpc) is 2.46. The molecule has 2 amide bonds. The second kappa shape index (κ2) is 7.06. The van der Waals surface area contributed by atoms with Crippen LogP contribution in [0.15, 0.2) is 11.6 Å². The SMILES string of the molecule is CCCCNC(=O)N(CC1=CCC2CC1C2(C)C)CC(C)C. The molecule has 2 bridgehead atoms. The zero-order chi connectivity index (χ0) is 16.3. The fourth-order valence-electron chi connectivity index (χ4n) is 4.02. The second-order valence-corrected chi connectivity index (χ2v) is 8.18. The smallest absolute Gasteiger partial charge is 0.317 e. The van der Waals surface area contributed by atoms with Gasteiger partial charge in [0, 0.05) is 19.6 Å². The van der Waals surface area contributed by atoms with Gasteiger partial charge in [0.1, 0.15) is 0 Å². The van der Waals surface area contributed by atoms with E-state index in [4.69, 9.17) is 0 Å². The Morgan fingerprint density at radius 3 is 2.73 bits per heavy atom. The topological polar surface area (TPSA) is 32.3 Å². The third-order valence-corrected chi connectivity index (χ3v) is 5.64. The first kappa shape index (κ1) is 17.4. The van der Waals surface area contributed by atoms with E-state index in [2.05, 4.69) is 46.0 Å². The van der Waals surface area contributed by atoms with Gasteiger partial charge in [-0.15, -0.1) is 0 Å². The van der Waals surface area contributed by atoms with Crippen molar-refractivity contribution in [3.05, 3.63) is 11.6 Å². The Hall–Kier alpha value is -0.990. The second-order valence-electron chi connectivity index (χ2n) is 8.18. The quantitative estimate of drug-likeness (QED) is 0.547. The highest BCUT2D eigenvalue weighted by Gasteiger charge is 2.51. The van der Waals surface area contributed by atoms with E-state index in [1.54, 1.807) is 0 Å². The maximum atomic E-state index is 12.5. The average molecular weight is 306 g/mol. The maximum absolute atomic E-state index is 12.5. The van der Waals surface area contributed by atoms with E-state index in [-0.39, 0.29) is 6.03 Å². The van der Waals surface area contributed by atoms with Crippen molar-refractivity contribution in [3.63, 3.8) is 0 Å². The van der Waals surface area contributed by atoms with Gasteiger partial charge in [-0.3, -0.25) is 0 Å². The molecule has 126 valence electrons. The summed E-state index contributed by atoms with van der Waals surface area (Å²) in [5.41, 5.74) is 1.94. The van der Waals surface area contributed by atoms with Crippen LogP contribution >= 0.6 is 0 Å². The number of nitrogens with zero attached hydrogens (tertiary/aromatic N) is 1. The van der Waals surface area contributed by atoms with Crippen molar-refractivity contribution in [2.45, 2.75) is 60.3 Å². The first-order valence-electron chi connectivity index (χ1n) is 9.08. The standard InChI is InChI=1S/C19H34N2O/c1-6-7-10-20-18(22)21(12-14(2)3)13-15-8-9-16-11-17(15)19(16,4)5/h8,14,16-17H,6-7,9-13H2,1-5H3,(H,20,22). The first-order valence-corrected chi connectivity index (χ1v) is 9.08. The number of rotatable bonds is 7. The molecule has 1 fully saturated rings. The van der Waals surface area contributed by atoms with Gasteiger partial charge in [-0.2, -0.15) is 0 Å². The minimum atomic E-state index is 0.113. The molecule has 3 nitrogen and oxygen atoms in total. The molecule has 1 saturated carbocycles. The minimum absolute atomic E-state index is 0.113.